The predicted octanol–water partition coefficient (Wildman–Crippen LogP) is 12.5. The van der Waals surface area contributed by atoms with Crippen molar-refractivity contribution in [3.05, 3.63) is 89.5 Å². The van der Waals surface area contributed by atoms with Crippen LogP contribution in [-0.4, -0.2) is 4.89 Å². The average Bonchev–Trinajstić information content (AvgIpc) is 3.10. The second-order valence-electron chi connectivity index (χ2n) is 14.3. The van der Waals surface area contributed by atoms with Crippen molar-refractivity contribution in [1.82, 2.24) is 0 Å². The Morgan fingerprint density at radius 2 is 0.574 bits per heavy atom. The van der Waals surface area contributed by atoms with Gasteiger partial charge in [-0.2, -0.15) is 0 Å². The molecule has 0 amide bonds. The Labute approximate surface area is 291 Å². The third kappa shape index (κ3) is 13.5. The van der Waals surface area contributed by atoms with Crippen LogP contribution in [0.2, 0.25) is 0 Å². The van der Waals surface area contributed by atoms with E-state index in [2.05, 4.69) is 93.6 Å². The van der Waals surface area contributed by atoms with Gasteiger partial charge in [0, 0.05) is 0 Å². The maximum atomic E-state index is 13.6. The van der Waals surface area contributed by atoms with Gasteiger partial charge in [-0.15, -0.1) is 0 Å². The summed E-state index contributed by atoms with van der Waals surface area (Å²) < 4.78 is 0. The van der Waals surface area contributed by atoms with Gasteiger partial charge in [0.1, 0.15) is 0 Å². The SMILES string of the molecule is CCCCCCCCCc1ccccc1[PH](O)(c1ccccc1CCCCCCCCC)c1ccccc1CCCCCCCCC. The summed E-state index contributed by atoms with van der Waals surface area (Å²) in [4.78, 5) is 13.6. The summed E-state index contributed by atoms with van der Waals surface area (Å²) in [6.45, 7) is 6.88. The van der Waals surface area contributed by atoms with Gasteiger partial charge in [0.15, 0.2) is 0 Å². The molecule has 1 N–H and O–H groups in total. The van der Waals surface area contributed by atoms with Crippen LogP contribution >= 0.6 is 7.49 Å². The van der Waals surface area contributed by atoms with Gasteiger partial charge in [0.2, 0.25) is 0 Å². The molecule has 0 aliphatic rings. The molecule has 3 rings (SSSR count). The first-order valence-electron chi connectivity index (χ1n) is 20.1. The Bertz CT molecular complexity index is 1070. The summed E-state index contributed by atoms with van der Waals surface area (Å²) in [7, 11) is -3.27. The molecule has 0 bridgehead atoms. The van der Waals surface area contributed by atoms with Crippen LogP contribution in [0.15, 0.2) is 72.8 Å². The molecule has 0 fully saturated rings. The van der Waals surface area contributed by atoms with E-state index in [0.29, 0.717) is 0 Å². The van der Waals surface area contributed by atoms with Gasteiger partial charge < -0.3 is 0 Å². The third-order valence-electron chi connectivity index (χ3n) is 10.4. The van der Waals surface area contributed by atoms with Gasteiger partial charge >= 0.3 is 293 Å². The molecule has 0 aliphatic heterocycles. The van der Waals surface area contributed by atoms with Gasteiger partial charge in [-0.1, -0.05) is 0 Å². The van der Waals surface area contributed by atoms with E-state index in [-0.39, 0.29) is 0 Å². The fourth-order valence-corrected chi connectivity index (χ4v) is 11.4. The van der Waals surface area contributed by atoms with Crippen LogP contribution in [0.4, 0.5) is 0 Å². The van der Waals surface area contributed by atoms with Crippen LogP contribution in [0, 0.1) is 0 Å². The number of rotatable bonds is 27. The molecule has 3 aromatic rings. The van der Waals surface area contributed by atoms with Gasteiger partial charge in [-0.25, -0.2) is 0 Å². The zero-order chi connectivity index (χ0) is 33.4. The summed E-state index contributed by atoms with van der Waals surface area (Å²) in [6.07, 6.45) is 30.7. The van der Waals surface area contributed by atoms with E-state index in [1.807, 2.05) is 0 Å². The minimum atomic E-state index is -3.27. The van der Waals surface area contributed by atoms with Crippen molar-refractivity contribution >= 4 is 23.4 Å². The van der Waals surface area contributed by atoms with Crippen LogP contribution in [0.25, 0.3) is 0 Å². The Kier molecular flexibility index (Phi) is 20.4. The molecular weight excluding hydrogens is 587 g/mol. The van der Waals surface area contributed by atoms with Gasteiger partial charge in [-0.3, -0.25) is 0 Å². The Hall–Kier alpha value is -1.95. The van der Waals surface area contributed by atoms with Crippen molar-refractivity contribution in [3.8, 4) is 0 Å². The molecule has 0 saturated carbocycles. The summed E-state index contributed by atoms with van der Waals surface area (Å²) in [5.74, 6) is 0. The normalized spacial score (nSPS) is 12.1. The first-order valence-corrected chi connectivity index (χ1v) is 22.1. The molecule has 0 aliphatic carbocycles. The quantitative estimate of drug-likeness (QED) is 0.0638. The molecule has 0 aromatic heterocycles. The maximum absolute atomic E-state index is 13.6. The molecule has 0 radical (unpaired) electrons. The van der Waals surface area contributed by atoms with Crippen LogP contribution in [0.1, 0.15) is 172 Å². The first-order chi connectivity index (χ1) is 23.2. The predicted molar refractivity (Wildman–Crippen MR) is 214 cm³/mol. The second-order valence-corrected chi connectivity index (χ2v) is 17.3. The average molecular weight is 659 g/mol. The summed E-state index contributed by atoms with van der Waals surface area (Å²) in [5.41, 5.74) is 4.10. The van der Waals surface area contributed by atoms with Gasteiger partial charge in [0.25, 0.3) is 0 Å². The zero-order valence-corrected chi connectivity index (χ0v) is 31.8. The fourth-order valence-electron chi connectivity index (χ4n) is 7.53. The third-order valence-corrected chi connectivity index (χ3v) is 14.2. The van der Waals surface area contributed by atoms with Crippen molar-refractivity contribution in [2.75, 3.05) is 0 Å². The number of hydrogen-bond donors (Lipinski definition) is 1. The molecule has 1 nitrogen and oxygen atoms in total. The van der Waals surface area contributed by atoms with Crippen molar-refractivity contribution < 1.29 is 4.89 Å². The Balaban J connectivity index is 1.91. The van der Waals surface area contributed by atoms with Crippen molar-refractivity contribution in [1.29, 1.82) is 0 Å². The Morgan fingerprint density at radius 3 is 0.851 bits per heavy atom. The van der Waals surface area contributed by atoms with E-state index in [4.69, 9.17) is 0 Å². The van der Waals surface area contributed by atoms with E-state index in [0.717, 1.165) is 19.3 Å². The van der Waals surface area contributed by atoms with E-state index in [1.165, 1.54) is 167 Å². The molecule has 0 heterocycles. The zero-order valence-electron chi connectivity index (χ0n) is 30.8. The molecule has 0 unspecified atom stereocenters. The van der Waals surface area contributed by atoms with Crippen molar-refractivity contribution in [3.63, 3.8) is 0 Å². The van der Waals surface area contributed by atoms with Crippen LogP contribution < -0.4 is 15.9 Å². The minimum absolute atomic E-state index is 1.05. The summed E-state index contributed by atoms with van der Waals surface area (Å²) in [6, 6.07) is 27.0. The van der Waals surface area contributed by atoms with E-state index < -0.39 is 7.49 Å². The van der Waals surface area contributed by atoms with Crippen molar-refractivity contribution in [2.24, 2.45) is 0 Å². The Morgan fingerprint density at radius 1 is 0.340 bits per heavy atom. The van der Waals surface area contributed by atoms with Crippen LogP contribution in [0.5, 0.6) is 0 Å². The number of benzene rings is 3. The van der Waals surface area contributed by atoms with Gasteiger partial charge in [0.05, 0.1) is 0 Å². The van der Waals surface area contributed by atoms with Crippen LogP contribution in [0.3, 0.4) is 0 Å². The molecule has 0 atom stereocenters. The first kappa shape index (κ1) is 39.5. The molecular formula is C45H71OP. The molecule has 2 heteroatoms. The molecule has 0 spiro atoms. The van der Waals surface area contributed by atoms with E-state index >= 15 is 0 Å². The number of aryl methyl sites for hydroxylation is 3. The fraction of sp³-hybridized carbons (Fsp3) is 0.600. The molecule has 3 aromatic carbocycles. The molecule has 0 saturated heterocycles. The van der Waals surface area contributed by atoms with E-state index in [1.54, 1.807) is 0 Å². The van der Waals surface area contributed by atoms with Crippen LogP contribution in [-0.2, 0) is 19.3 Å². The number of unbranched alkanes of at least 4 members (excludes halogenated alkanes) is 18. The summed E-state index contributed by atoms with van der Waals surface area (Å²) >= 11 is 0. The summed E-state index contributed by atoms with van der Waals surface area (Å²) in [5, 5.41) is 3.68. The number of hydrogen-bond acceptors (Lipinski definition) is 1. The monoisotopic (exact) mass is 659 g/mol. The standard InChI is InChI=1S/C45H71OP/c1-4-7-10-13-16-19-22-31-40-34-25-28-37-43(40)47(46,44-38-29-26-35-41(44)32-23-20-17-14-11-8-5-2)45-39-30-27-36-42(45)33-24-21-18-15-12-9-6-3/h25-30,34-39,46-47H,4-24,31-33H2,1-3H3. The molecule has 262 valence electrons. The van der Waals surface area contributed by atoms with Gasteiger partial charge in [-0.05, 0) is 0 Å². The second kappa shape index (κ2) is 24.2. The topological polar surface area (TPSA) is 20.2 Å². The van der Waals surface area contributed by atoms with Crippen molar-refractivity contribution in [2.45, 2.75) is 175 Å². The van der Waals surface area contributed by atoms with E-state index in [9.17, 15) is 4.89 Å². The molecule has 47 heavy (non-hydrogen) atoms.